The molecule has 3 aromatic rings. The third-order valence-electron chi connectivity index (χ3n) is 10.4. The quantitative estimate of drug-likeness (QED) is 0.0754. The van der Waals surface area contributed by atoms with Crippen molar-refractivity contribution in [3.63, 3.8) is 0 Å². The number of hydrogen-bond acceptors (Lipinski definition) is 10. The highest BCUT2D eigenvalue weighted by molar-refractivity contribution is 7.54. The number of ether oxygens (including phenoxy) is 5. The SMILES string of the molecule is COc1ccc(C(O[C@H]2CN(C(=O)OC(C)(C)C)C[C@H]2OC[C@@H](CC(C)(C)[Si](C)(C)O)P(=O)(OC(C)C)OC(C)C)(c2ccccc2)c2ccc(OC)cc2)cc1. The Morgan fingerprint density at radius 1 is 0.772 bits per heavy atom. The number of methoxy groups -OCH3 is 2. The maximum atomic E-state index is 14.9. The van der Waals surface area contributed by atoms with E-state index < -0.39 is 68.3 Å². The summed E-state index contributed by atoms with van der Waals surface area (Å²) in [7, 11) is -3.37. The Balaban J connectivity index is 1.88. The maximum absolute atomic E-state index is 14.9. The summed E-state index contributed by atoms with van der Waals surface area (Å²) in [6.45, 7) is 20.8. The lowest BCUT2D eigenvalue weighted by Gasteiger charge is -2.41. The molecule has 1 saturated heterocycles. The molecular weight excluding hydrogens is 762 g/mol. The second-order valence-corrected chi connectivity index (χ2v) is 24.3. The van der Waals surface area contributed by atoms with Crippen LogP contribution in [0.25, 0.3) is 0 Å². The van der Waals surface area contributed by atoms with Crippen LogP contribution in [0.3, 0.4) is 0 Å². The number of carbonyl (C=O) groups is 1. The van der Waals surface area contributed by atoms with Gasteiger partial charge in [-0.05, 0) is 114 Å². The minimum Gasteiger partial charge on any atom is -0.497 e. The van der Waals surface area contributed by atoms with Crippen LogP contribution in [0.15, 0.2) is 78.9 Å². The summed E-state index contributed by atoms with van der Waals surface area (Å²) in [5.41, 5.74) is -0.188. The maximum Gasteiger partial charge on any atom is 0.410 e. The van der Waals surface area contributed by atoms with Crippen molar-refractivity contribution in [2.45, 2.75) is 128 Å². The van der Waals surface area contributed by atoms with E-state index in [1.165, 1.54) is 0 Å². The van der Waals surface area contributed by atoms with E-state index in [1.807, 2.05) is 154 Å². The molecule has 0 radical (unpaired) electrons. The molecule has 0 saturated carbocycles. The van der Waals surface area contributed by atoms with E-state index in [-0.39, 0.29) is 19.7 Å². The van der Waals surface area contributed by atoms with Gasteiger partial charge in [0.05, 0.1) is 51.8 Å². The lowest BCUT2D eigenvalue weighted by molar-refractivity contribution is -0.102. The van der Waals surface area contributed by atoms with E-state index in [2.05, 4.69) is 0 Å². The van der Waals surface area contributed by atoms with Crippen LogP contribution in [0.5, 0.6) is 11.5 Å². The molecule has 0 aromatic heterocycles. The average Bonchev–Trinajstić information content (AvgIpc) is 3.53. The summed E-state index contributed by atoms with van der Waals surface area (Å²) in [6, 6.07) is 25.4. The monoisotopic (exact) mass is 827 g/mol. The van der Waals surface area contributed by atoms with Gasteiger partial charge in [-0.25, -0.2) is 4.79 Å². The van der Waals surface area contributed by atoms with Crippen molar-refractivity contribution in [3.8, 4) is 11.5 Å². The molecule has 57 heavy (non-hydrogen) atoms. The Morgan fingerprint density at radius 2 is 1.23 bits per heavy atom. The van der Waals surface area contributed by atoms with Crippen molar-refractivity contribution in [3.05, 3.63) is 95.6 Å². The fourth-order valence-electron chi connectivity index (χ4n) is 6.87. The second-order valence-electron chi connectivity index (χ2n) is 17.6. The molecule has 3 aromatic carbocycles. The normalized spacial score (nSPS) is 17.6. The predicted octanol–water partition coefficient (Wildman–Crippen LogP) is 9.80. The van der Waals surface area contributed by atoms with Crippen LogP contribution in [0.2, 0.25) is 18.1 Å². The van der Waals surface area contributed by atoms with Crippen LogP contribution in [0, 0.1) is 0 Å². The zero-order valence-corrected chi connectivity index (χ0v) is 38.1. The summed E-state index contributed by atoms with van der Waals surface area (Å²) < 4.78 is 58.6. The van der Waals surface area contributed by atoms with Crippen LogP contribution in [0.4, 0.5) is 4.79 Å². The molecule has 0 bridgehead atoms. The highest BCUT2D eigenvalue weighted by atomic mass is 31.2. The molecule has 1 amide bonds. The lowest BCUT2D eigenvalue weighted by atomic mass is 9.79. The van der Waals surface area contributed by atoms with Gasteiger partial charge in [0.15, 0.2) is 8.32 Å². The van der Waals surface area contributed by atoms with Crippen LogP contribution >= 0.6 is 7.60 Å². The van der Waals surface area contributed by atoms with Crippen molar-refractivity contribution in [2.75, 3.05) is 33.9 Å². The van der Waals surface area contributed by atoms with Gasteiger partial charge >= 0.3 is 13.7 Å². The van der Waals surface area contributed by atoms with Crippen LogP contribution < -0.4 is 9.47 Å². The molecule has 1 aliphatic rings. The van der Waals surface area contributed by atoms with E-state index in [4.69, 9.17) is 32.7 Å². The summed E-state index contributed by atoms with van der Waals surface area (Å²) in [6.07, 6.45) is -2.39. The first-order valence-corrected chi connectivity index (χ1v) is 24.4. The van der Waals surface area contributed by atoms with Gasteiger partial charge in [-0.15, -0.1) is 0 Å². The standard InChI is InChI=1S/C44H66NO10PSi/c1-31(2)54-56(47,55-32(3)4)38(27-43(8,9)57(12,13)48)30-51-39-28-45(41(46)53-42(5,6)7)29-40(39)52-44(33-17-15-14-16-18-33,34-19-23-36(49-10)24-20-34)35-21-25-37(50-11)26-22-35/h14-26,31-32,38-40,48H,27-30H2,1-13H3/t38-,39-,40+/m1/s1. The topological polar surface area (TPSA) is 122 Å². The first-order chi connectivity index (χ1) is 26.5. The Kier molecular flexibility index (Phi) is 15.3. The Hall–Kier alpha value is -3.22. The molecule has 1 fully saturated rings. The van der Waals surface area contributed by atoms with Gasteiger partial charge in [0.1, 0.15) is 34.9 Å². The molecule has 3 atom stereocenters. The average molecular weight is 828 g/mol. The molecule has 1 heterocycles. The Bertz CT molecular complexity index is 1710. The number of carbonyl (C=O) groups excluding carboxylic acids is 1. The molecule has 11 nitrogen and oxygen atoms in total. The molecule has 0 aliphatic carbocycles. The van der Waals surface area contributed by atoms with E-state index >= 15 is 0 Å². The minimum absolute atomic E-state index is 0.0410. The van der Waals surface area contributed by atoms with Crippen LogP contribution in [0.1, 0.15) is 85.4 Å². The molecule has 13 heteroatoms. The first kappa shape index (κ1) is 46.5. The molecule has 1 N–H and O–H groups in total. The predicted molar refractivity (Wildman–Crippen MR) is 227 cm³/mol. The molecule has 0 unspecified atom stereocenters. The van der Waals surface area contributed by atoms with Crippen LogP contribution in [-0.2, 0) is 33.4 Å². The summed E-state index contributed by atoms with van der Waals surface area (Å²) >= 11 is 0. The summed E-state index contributed by atoms with van der Waals surface area (Å²) in [4.78, 5) is 26.8. The number of nitrogens with zero attached hydrogens (tertiary/aromatic N) is 1. The fourth-order valence-corrected chi connectivity index (χ4v) is 10.3. The molecule has 1 aliphatic heterocycles. The van der Waals surface area contributed by atoms with Crippen molar-refractivity contribution in [1.82, 2.24) is 4.90 Å². The number of rotatable bonds is 18. The highest BCUT2D eigenvalue weighted by Crippen LogP contribution is 2.60. The van der Waals surface area contributed by atoms with Crippen molar-refractivity contribution in [1.29, 1.82) is 0 Å². The Morgan fingerprint density at radius 3 is 1.65 bits per heavy atom. The van der Waals surface area contributed by atoms with E-state index in [9.17, 15) is 14.2 Å². The molecule has 316 valence electrons. The van der Waals surface area contributed by atoms with Gasteiger partial charge in [0.25, 0.3) is 0 Å². The van der Waals surface area contributed by atoms with Crippen molar-refractivity contribution in [2.24, 2.45) is 0 Å². The number of likely N-dealkylation sites (tertiary alicyclic amines) is 1. The zero-order valence-electron chi connectivity index (χ0n) is 36.2. The molecule has 4 rings (SSSR count). The van der Waals surface area contributed by atoms with Gasteiger partial charge in [-0.1, -0.05) is 68.4 Å². The van der Waals surface area contributed by atoms with Gasteiger partial charge in [0, 0.05) is 0 Å². The van der Waals surface area contributed by atoms with Crippen LogP contribution in [-0.4, -0.2) is 93.7 Å². The fraction of sp³-hybridized carbons (Fsp3) is 0.568. The third kappa shape index (κ3) is 11.7. The first-order valence-electron chi connectivity index (χ1n) is 19.8. The zero-order chi connectivity index (χ0) is 42.4. The van der Waals surface area contributed by atoms with Crippen molar-refractivity contribution >= 4 is 22.0 Å². The smallest absolute Gasteiger partial charge is 0.410 e. The summed E-state index contributed by atoms with van der Waals surface area (Å²) in [5.74, 6) is 1.38. The highest BCUT2D eigenvalue weighted by Gasteiger charge is 2.50. The van der Waals surface area contributed by atoms with E-state index in [1.54, 1.807) is 19.1 Å². The van der Waals surface area contributed by atoms with Gasteiger partial charge in [-0.3, -0.25) is 4.57 Å². The lowest BCUT2D eigenvalue weighted by Crippen LogP contribution is -2.44. The van der Waals surface area contributed by atoms with Gasteiger partial charge in [-0.2, -0.15) is 0 Å². The molecule has 0 spiro atoms. The third-order valence-corrected chi connectivity index (χ3v) is 16.6. The van der Waals surface area contributed by atoms with E-state index in [0.717, 1.165) is 16.7 Å². The van der Waals surface area contributed by atoms with E-state index in [0.29, 0.717) is 17.9 Å². The van der Waals surface area contributed by atoms with Gasteiger partial charge in [0.2, 0.25) is 0 Å². The number of amides is 1. The largest absolute Gasteiger partial charge is 0.497 e. The second kappa shape index (κ2) is 18.8. The van der Waals surface area contributed by atoms with Gasteiger partial charge < -0.3 is 42.4 Å². The molecular formula is C44H66NO10PSi. The Labute approximate surface area is 342 Å². The number of benzene rings is 3. The number of hydrogen-bond donors (Lipinski definition) is 1. The summed E-state index contributed by atoms with van der Waals surface area (Å²) in [5, 5.41) is -0.587. The van der Waals surface area contributed by atoms with Crippen molar-refractivity contribution < 1.29 is 46.9 Å². The minimum atomic E-state index is -3.83.